The average Bonchev–Trinajstić information content (AvgIpc) is 2.39. The standard InChI is InChI=1S/C14H7ClO4/c15-8-5-4-7-11(14(8)19)13(18)6-2-1-3-9(16)10(6)12(7)17/h1-5,16,19H. The summed E-state index contributed by atoms with van der Waals surface area (Å²) in [6.07, 6.45) is 0. The van der Waals surface area contributed by atoms with Crippen molar-refractivity contribution in [2.24, 2.45) is 0 Å². The molecule has 0 unspecified atom stereocenters. The summed E-state index contributed by atoms with van der Waals surface area (Å²) < 4.78 is 0. The van der Waals surface area contributed by atoms with Gasteiger partial charge in [-0.05, 0) is 18.2 Å². The van der Waals surface area contributed by atoms with E-state index in [0.29, 0.717) is 0 Å². The predicted octanol–water partition coefficient (Wildman–Crippen LogP) is 2.53. The normalized spacial score (nSPS) is 13.1. The number of phenols is 2. The highest BCUT2D eigenvalue weighted by molar-refractivity contribution is 6.35. The van der Waals surface area contributed by atoms with Crippen LogP contribution in [0, 0.1) is 0 Å². The Kier molecular flexibility index (Phi) is 2.37. The summed E-state index contributed by atoms with van der Waals surface area (Å²) in [4.78, 5) is 24.6. The Morgan fingerprint density at radius 3 is 2.21 bits per heavy atom. The van der Waals surface area contributed by atoms with E-state index in [2.05, 4.69) is 0 Å². The van der Waals surface area contributed by atoms with E-state index < -0.39 is 17.3 Å². The molecule has 0 aliphatic heterocycles. The SMILES string of the molecule is O=C1c2ccc(Cl)c(O)c2C(=O)c2cccc(O)c21. The zero-order valence-electron chi connectivity index (χ0n) is 9.48. The second-order valence-electron chi connectivity index (χ2n) is 4.18. The number of hydrogen-bond donors (Lipinski definition) is 2. The van der Waals surface area contributed by atoms with Crippen molar-refractivity contribution in [3.63, 3.8) is 0 Å². The van der Waals surface area contributed by atoms with Crippen molar-refractivity contribution in [1.29, 1.82) is 0 Å². The Morgan fingerprint density at radius 2 is 1.47 bits per heavy atom. The lowest BCUT2D eigenvalue weighted by molar-refractivity contribution is 0.0974. The van der Waals surface area contributed by atoms with Crippen LogP contribution in [0.4, 0.5) is 0 Å². The molecule has 0 atom stereocenters. The first kappa shape index (κ1) is 11.7. The van der Waals surface area contributed by atoms with Crippen molar-refractivity contribution >= 4 is 23.2 Å². The highest BCUT2D eigenvalue weighted by Crippen LogP contribution is 2.39. The fourth-order valence-corrected chi connectivity index (χ4v) is 2.38. The van der Waals surface area contributed by atoms with E-state index in [1.165, 1.54) is 30.3 Å². The number of aromatic hydroxyl groups is 2. The van der Waals surface area contributed by atoms with Crippen LogP contribution in [0.1, 0.15) is 31.8 Å². The van der Waals surface area contributed by atoms with Crippen LogP contribution in [0.25, 0.3) is 0 Å². The third-order valence-electron chi connectivity index (χ3n) is 3.11. The highest BCUT2D eigenvalue weighted by atomic mass is 35.5. The average molecular weight is 275 g/mol. The Balaban J connectivity index is 2.40. The molecule has 0 amide bonds. The molecule has 2 aromatic rings. The molecule has 3 rings (SSSR count). The van der Waals surface area contributed by atoms with E-state index in [1.54, 1.807) is 0 Å². The quantitative estimate of drug-likeness (QED) is 0.660. The van der Waals surface area contributed by atoms with E-state index in [4.69, 9.17) is 11.6 Å². The van der Waals surface area contributed by atoms with E-state index >= 15 is 0 Å². The molecule has 0 aromatic heterocycles. The van der Waals surface area contributed by atoms with Crippen LogP contribution < -0.4 is 0 Å². The summed E-state index contributed by atoms with van der Waals surface area (Å²) in [5, 5.41) is 19.6. The van der Waals surface area contributed by atoms with Crippen molar-refractivity contribution in [3.05, 3.63) is 57.6 Å². The fraction of sp³-hybridized carbons (Fsp3) is 0. The summed E-state index contributed by atoms with van der Waals surface area (Å²) in [6.45, 7) is 0. The molecule has 0 saturated heterocycles. The summed E-state index contributed by atoms with van der Waals surface area (Å²) in [5.41, 5.74) is -0.0479. The molecule has 0 bridgehead atoms. The van der Waals surface area contributed by atoms with Crippen molar-refractivity contribution in [1.82, 2.24) is 0 Å². The number of ketones is 2. The van der Waals surface area contributed by atoms with E-state index in [1.807, 2.05) is 0 Å². The molecule has 0 heterocycles. The molecule has 94 valence electrons. The minimum absolute atomic E-state index is 0.00324. The first-order valence-corrected chi connectivity index (χ1v) is 5.83. The number of phenolic OH excluding ortho intramolecular Hbond substituents is 2. The number of carbonyl (C=O) groups is 2. The fourth-order valence-electron chi connectivity index (χ4n) is 2.22. The lowest BCUT2D eigenvalue weighted by Crippen LogP contribution is -2.21. The molecule has 1 aliphatic rings. The summed E-state index contributed by atoms with van der Waals surface area (Å²) in [6, 6.07) is 6.94. The number of rotatable bonds is 0. The van der Waals surface area contributed by atoms with Crippen LogP contribution in [-0.4, -0.2) is 21.8 Å². The number of halogens is 1. The first-order valence-electron chi connectivity index (χ1n) is 5.45. The molecule has 4 nitrogen and oxygen atoms in total. The minimum atomic E-state index is -0.527. The lowest BCUT2D eigenvalue weighted by Gasteiger charge is -2.19. The third kappa shape index (κ3) is 1.47. The Bertz CT molecular complexity index is 749. The summed E-state index contributed by atoms with van der Waals surface area (Å²) >= 11 is 5.75. The van der Waals surface area contributed by atoms with Gasteiger partial charge in [0.15, 0.2) is 11.6 Å². The van der Waals surface area contributed by atoms with Crippen LogP contribution in [0.3, 0.4) is 0 Å². The molecular formula is C14H7ClO4. The molecule has 19 heavy (non-hydrogen) atoms. The smallest absolute Gasteiger partial charge is 0.198 e. The van der Waals surface area contributed by atoms with Gasteiger partial charge in [0, 0.05) is 11.1 Å². The van der Waals surface area contributed by atoms with Gasteiger partial charge in [0.1, 0.15) is 11.5 Å². The maximum absolute atomic E-state index is 12.3. The lowest BCUT2D eigenvalue weighted by atomic mass is 9.83. The van der Waals surface area contributed by atoms with Gasteiger partial charge in [-0.15, -0.1) is 0 Å². The third-order valence-corrected chi connectivity index (χ3v) is 3.42. The Hall–Kier alpha value is -2.33. The van der Waals surface area contributed by atoms with Crippen molar-refractivity contribution in [3.8, 4) is 11.5 Å². The van der Waals surface area contributed by atoms with Crippen LogP contribution in [0.2, 0.25) is 5.02 Å². The van der Waals surface area contributed by atoms with Gasteiger partial charge in [0.05, 0.1) is 16.1 Å². The highest BCUT2D eigenvalue weighted by Gasteiger charge is 2.34. The van der Waals surface area contributed by atoms with Crippen molar-refractivity contribution in [2.75, 3.05) is 0 Å². The van der Waals surface area contributed by atoms with Gasteiger partial charge >= 0.3 is 0 Å². The molecule has 0 radical (unpaired) electrons. The monoisotopic (exact) mass is 274 g/mol. The molecule has 0 fully saturated rings. The van der Waals surface area contributed by atoms with E-state index in [-0.39, 0.29) is 33.0 Å². The van der Waals surface area contributed by atoms with Gasteiger partial charge in [0.25, 0.3) is 0 Å². The maximum Gasteiger partial charge on any atom is 0.198 e. The minimum Gasteiger partial charge on any atom is -0.507 e. The van der Waals surface area contributed by atoms with Gasteiger partial charge in [-0.3, -0.25) is 9.59 Å². The van der Waals surface area contributed by atoms with Crippen LogP contribution in [-0.2, 0) is 0 Å². The Morgan fingerprint density at radius 1 is 0.842 bits per heavy atom. The summed E-state index contributed by atoms with van der Waals surface area (Å²) in [7, 11) is 0. The predicted molar refractivity (Wildman–Crippen MR) is 68.1 cm³/mol. The summed E-state index contributed by atoms with van der Waals surface area (Å²) in [5.74, 6) is -1.70. The van der Waals surface area contributed by atoms with Gasteiger partial charge < -0.3 is 10.2 Å². The molecule has 0 saturated carbocycles. The molecule has 2 N–H and O–H groups in total. The molecule has 0 spiro atoms. The van der Waals surface area contributed by atoms with E-state index in [9.17, 15) is 19.8 Å². The number of carbonyl (C=O) groups excluding carboxylic acids is 2. The number of hydrogen-bond acceptors (Lipinski definition) is 4. The largest absolute Gasteiger partial charge is 0.507 e. The van der Waals surface area contributed by atoms with Gasteiger partial charge in [-0.25, -0.2) is 0 Å². The van der Waals surface area contributed by atoms with Crippen LogP contribution in [0.15, 0.2) is 30.3 Å². The molecular weight excluding hydrogens is 268 g/mol. The maximum atomic E-state index is 12.3. The van der Waals surface area contributed by atoms with Crippen LogP contribution >= 0.6 is 11.6 Å². The van der Waals surface area contributed by atoms with Crippen molar-refractivity contribution < 1.29 is 19.8 Å². The second kappa shape index (κ2) is 3.83. The topological polar surface area (TPSA) is 74.6 Å². The number of fused-ring (bicyclic) bond motifs is 2. The van der Waals surface area contributed by atoms with Crippen LogP contribution in [0.5, 0.6) is 11.5 Å². The number of benzene rings is 2. The zero-order chi connectivity index (χ0) is 13.7. The first-order chi connectivity index (χ1) is 9.02. The molecule has 1 aliphatic carbocycles. The van der Waals surface area contributed by atoms with Gasteiger partial charge in [-0.2, -0.15) is 0 Å². The molecule has 5 heteroatoms. The molecule has 2 aromatic carbocycles. The Labute approximate surface area is 112 Å². The van der Waals surface area contributed by atoms with E-state index in [0.717, 1.165) is 0 Å². The zero-order valence-corrected chi connectivity index (χ0v) is 10.2. The van der Waals surface area contributed by atoms with Gasteiger partial charge in [-0.1, -0.05) is 23.7 Å². The van der Waals surface area contributed by atoms with Crippen molar-refractivity contribution in [2.45, 2.75) is 0 Å². The van der Waals surface area contributed by atoms with Gasteiger partial charge in [0.2, 0.25) is 0 Å². The second-order valence-corrected chi connectivity index (χ2v) is 4.58.